The second-order valence-electron chi connectivity index (χ2n) is 6.31. The smallest absolute Gasteiger partial charge is 0.246 e. The van der Waals surface area contributed by atoms with Gasteiger partial charge in [-0.05, 0) is 24.5 Å². The van der Waals surface area contributed by atoms with Gasteiger partial charge in [0.25, 0.3) is 0 Å². The van der Waals surface area contributed by atoms with Crippen LogP contribution in [0.15, 0.2) is 18.2 Å². The predicted molar refractivity (Wildman–Crippen MR) is 84.3 cm³/mol. The molecule has 2 amide bonds. The Kier molecular flexibility index (Phi) is 5.88. The molecule has 2 N–H and O–H groups in total. The van der Waals surface area contributed by atoms with Gasteiger partial charge in [0.2, 0.25) is 11.8 Å². The second kappa shape index (κ2) is 7.70. The summed E-state index contributed by atoms with van der Waals surface area (Å²) >= 11 is 0. The van der Waals surface area contributed by atoms with Crippen LogP contribution < -0.4 is 10.6 Å². The van der Waals surface area contributed by atoms with Crippen LogP contribution in [0, 0.1) is 17.6 Å². The Morgan fingerprint density at radius 2 is 1.92 bits per heavy atom. The summed E-state index contributed by atoms with van der Waals surface area (Å²) in [4.78, 5) is 24.0. The minimum Gasteiger partial charge on any atom is -0.375 e. The summed E-state index contributed by atoms with van der Waals surface area (Å²) in [7, 11) is 1.39. The Morgan fingerprint density at radius 3 is 2.46 bits per heavy atom. The number of methoxy groups -OCH3 is 1. The van der Waals surface area contributed by atoms with Crippen LogP contribution >= 0.6 is 0 Å². The molecule has 0 aliphatic heterocycles. The van der Waals surface area contributed by atoms with E-state index in [0.29, 0.717) is 6.42 Å². The summed E-state index contributed by atoms with van der Waals surface area (Å²) < 4.78 is 32.3. The standard InChI is InChI=1S/C17H22F2N2O3/c1-9(2)16(21-14(22)8-24-3)17(23)20-13-7-10(13)15-11(18)5-4-6-12(15)19/h4-6,9-10,13,16H,7-8H2,1-3H3,(H,20,23)(H,21,22)/t10?,13?,16-/m0/s1. The van der Waals surface area contributed by atoms with Crippen LogP contribution in [0.5, 0.6) is 0 Å². The molecule has 5 nitrogen and oxygen atoms in total. The van der Waals surface area contributed by atoms with Crippen molar-refractivity contribution in [2.45, 2.75) is 38.3 Å². The lowest BCUT2D eigenvalue weighted by molar-refractivity contribution is -0.132. The number of rotatable bonds is 7. The van der Waals surface area contributed by atoms with Gasteiger partial charge in [-0.15, -0.1) is 0 Å². The third kappa shape index (κ3) is 4.29. The minimum absolute atomic E-state index is 0.00677. The van der Waals surface area contributed by atoms with Crippen molar-refractivity contribution >= 4 is 11.8 Å². The molecular weight excluding hydrogens is 318 g/mol. The molecule has 0 saturated heterocycles. The van der Waals surface area contributed by atoms with E-state index in [2.05, 4.69) is 10.6 Å². The second-order valence-corrected chi connectivity index (χ2v) is 6.31. The Bertz CT molecular complexity index is 602. The number of hydrogen-bond donors (Lipinski definition) is 2. The fourth-order valence-electron chi connectivity index (χ4n) is 2.69. The van der Waals surface area contributed by atoms with E-state index in [9.17, 15) is 18.4 Å². The van der Waals surface area contributed by atoms with E-state index in [0.717, 1.165) is 0 Å². The number of hydrogen-bond acceptors (Lipinski definition) is 3. The Morgan fingerprint density at radius 1 is 1.29 bits per heavy atom. The van der Waals surface area contributed by atoms with Gasteiger partial charge in [0.05, 0.1) is 0 Å². The number of amides is 2. The lowest BCUT2D eigenvalue weighted by Gasteiger charge is -2.21. The Labute approximate surface area is 139 Å². The maximum atomic E-state index is 13.8. The van der Waals surface area contributed by atoms with Gasteiger partial charge >= 0.3 is 0 Å². The van der Waals surface area contributed by atoms with E-state index < -0.39 is 17.7 Å². The fraction of sp³-hybridized carbons (Fsp3) is 0.529. The summed E-state index contributed by atoms with van der Waals surface area (Å²) in [5.41, 5.74) is 0.00677. The van der Waals surface area contributed by atoms with Gasteiger partial charge in [0.15, 0.2) is 0 Å². The maximum absolute atomic E-state index is 13.8. The molecule has 1 aromatic rings. The molecule has 0 heterocycles. The first-order valence-electron chi connectivity index (χ1n) is 7.87. The molecule has 2 rings (SSSR count). The molecule has 132 valence electrons. The third-order valence-corrected chi connectivity index (χ3v) is 4.03. The maximum Gasteiger partial charge on any atom is 0.246 e. The van der Waals surface area contributed by atoms with Crippen LogP contribution in [-0.2, 0) is 14.3 Å². The van der Waals surface area contributed by atoms with Gasteiger partial charge in [0.1, 0.15) is 24.3 Å². The Hall–Kier alpha value is -2.02. The number of nitrogens with one attached hydrogen (secondary N) is 2. The largest absolute Gasteiger partial charge is 0.375 e. The lowest BCUT2D eigenvalue weighted by Crippen LogP contribution is -2.51. The summed E-state index contributed by atoms with van der Waals surface area (Å²) in [5, 5.41) is 5.36. The first-order chi connectivity index (χ1) is 11.3. The van der Waals surface area contributed by atoms with E-state index in [1.807, 2.05) is 0 Å². The molecule has 1 aliphatic carbocycles. The van der Waals surface area contributed by atoms with E-state index in [4.69, 9.17) is 4.74 Å². The molecule has 0 radical (unpaired) electrons. The van der Waals surface area contributed by atoms with E-state index in [1.165, 1.54) is 25.3 Å². The van der Waals surface area contributed by atoms with Crippen molar-refractivity contribution < 1.29 is 23.1 Å². The number of ether oxygens (including phenoxy) is 1. The number of carbonyl (C=O) groups is 2. The SMILES string of the molecule is COCC(=O)N[C@H](C(=O)NC1CC1c1c(F)cccc1F)C(C)C. The zero-order chi connectivity index (χ0) is 17.9. The fourth-order valence-corrected chi connectivity index (χ4v) is 2.69. The highest BCUT2D eigenvalue weighted by molar-refractivity contribution is 5.88. The highest BCUT2D eigenvalue weighted by atomic mass is 19.1. The van der Waals surface area contributed by atoms with Crippen molar-refractivity contribution in [3.8, 4) is 0 Å². The van der Waals surface area contributed by atoms with Crippen LogP contribution in [0.3, 0.4) is 0 Å². The molecule has 3 atom stereocenters. The highest BCUT2D eigenvalue weighted by Gasteiger charge is 2.43. The van der Waals surface area contributed by atoms with E-state index in [1.54, 1.807) is 13.8 Å². The van der Waals surface area contributed by atoms with Crippen molar-refractivity contribution in [2.24, 2.45) is 5.92 Å². The number of halogens is 2. The van der Waals surface area contributed by atoms with Crippen molar-refractivity contribution in [3.05, 3.63) is 35.4 Å². The van der Waals surface area contributed by atoms with Gasteiger partial charge in [-0.25, -0.2) is 8.78 Å². The van der Waals surface area contributed by atoms with Gasteiger partial charge in [-0.3, -0.25) is 9.59 Å². The number of carbonyl (C=O) groups excluding carboxylic acids is 2. The van der Waals surface area contributed by atoms with Crippen molar-refractivity contribution in [3.63, 3.8) is 0 Å². The Balaban J connectivity index is 1.98. The molecular formula is C17H22F2N2O3. The molecule has 1 aromatic carbocycles. The molecule has 0 bridgehead atoms. The zero-order valence-corrected chi connectivity index (χ0v) is 13.9. The van der Waals surface area contributed by atoms with Crippen LogP contribution in [-0.4, -0.2) is 37.6 Å². The molecule has 2 unspecified atom stereocenters. The quantitative estimate of drug-likeness (QED) is 0.794. The van der Waals surface area contributed by atoms with Gasteiger partial charge < -0.3 is 15.4 Å². The lowest BCUT2D eigenvalue weighted by atomic mass is 10.0. The van der Waals surface area contributed by atoms with Crippen LogP contribution in [0.1, 0.15) is 31.7 Å². The van der Waals surface area contributed by atoms with Crippen LogP contribution in [0.4, 0.5) is 8.78 Å². The van der Waals surface area contributed by atoms with Crippen molar-refractivity contribution in [1.29, 1.82) is 0 Å². The van der Waals surface area contributed by atoms with Gasteiger partial charge in [-0.2, -0.15) is 0 Å². The van der Waals surface area contributed by atoms with Crippen LogP contribution in [0.2, 0.25) is 0 Å². The van der Waals surface area contributed by atoms with Gasteiger partial charge in [-0.1, -0.05) is 19.9 Å². The molecule has 1 fully saturated rings. The van der Waals surface area contributed by atoms with Gasteiger partial charge in [0, 0.05) is 24.6 Å². The van der Waals surface area contributed by atoms with E-state index in [-0.39, 0.29) is 41.9 Å². The monoisotopic (exact) mass is 340 g/mol. The minimum atomic E-state index is -0.723. The van der Waals surface area contributed by atoms with Crippen molar-refractivity contribution in [1.82, 2.24) is 10.6 Å². The van der Waals surface area contributed by atoms with E-state index >= 15 is 0 Å². The predicted octanol–water partition coefficient (Wildman–Crippen LogP) is 1.72. The summed E-state index contributed by atoms with van der Waals surface area (Å²) in [6.07, 6.45) is 0.473. The number of benzene rings is 1. The first-order valence-corrected chi connectivity index (χ1v) is 7.87. The normalized spacial score (nSPS) is 20.6. The van der Waals surface area contributed by atoms with Crippen molar-refractivity contribution in [2.75, 3.05) is 13.7 Å². The topological polar surface area (TPSA) is 67.4 Å². The summed E-state index contributed by atoms with van der Waals surface area (Å²) in [6, 6.07) is 2.67. The molecule has 7 heteroatoms. The summed E-state index contributed by atoms with van der Waals surface area (Å²) in [5.74, 6) is -2.47. The average molecular weight is 340 g/mol. The van der Waals surface area contributed by atoms with Crippen LogP contribution in [0.25, 0.3) is 0 Å². The molecule has 1 aliphatic rings. The molecule has 0 spiro atoms. The highest BCUT2D eigenvalue weighted by Crippen LogP contribution is 2.43. The molecule has 1 saturated carbocycles. The average Bonchev–Trinajstić information content (AvgIpc) is 3.23. The zero-order valence-electron chi connectivity index (χ0n) is 13.9. The first kappa shape index (κ1) is 18.3. The third-order valence-electron chi connectivity index (χ3n) is 4.03. The molecule has 24 heavy (non-hydrogen) atoms. The molecule has 0 aromatic heterocycles. The summed E-state index contributed by atoms with van der Waals surface area (Å²) in [6.45, 7) is 3.47.